The Morgan fingerprint density at radius 2 is 2.40 bits per heavy atom. The second kappa shape index (κ2) is 3.08. The summed E-state index contributed by atoms with van der Waals surface area (Å²) in [4.78, 5) is 4.15. The molecule has 3 heterocycles. The minimum absolute atomic E-state index is 0.262. The zero-order valence-corrected chi connectivity index (χ0v) is 8.46. The molecule has 3 rings (SSSR count). The average Bonchev–Trinajstić information content (AvgIpc) is 2.84. The van der Waals surface area contributed by atoms with Gasteiger partial charge < -0.3 is 5.32 Å². The molecule has 1 unspecified atom stereocenters. The topological polar surface area (TPSA) is 60.6 Å². The molecule has 1 N–H and O–H groups in total. The number of nitrogens with one attached hydrogen (secondary N) is 1. The van der Waals surface area contributed by atoms with Gasteiger partial charge in [-0.1, -0.05) is 0 Å². The van der Waals surface area contributed by atoms with Crippen LogP contribution in [0.3, 0.4) is 0 Å². The van der Waals surface area contributed by atoms with Gasteiger partial charge in [-0.25, -0.2) is 4.68 Å². The Kier molecular flexibility index (Phi) is 1.74. The van der Waals surface area contributed by atoms with Crippen molar-refractivity contribution in [2.75, 3.05) is 11.9 Å². The molecule has 0 amide bonds. The van der Waals surface area contributed by atoms with E-state index in [9.17, 15) is 0 Å². The Morgan fingerprint density at radius 1 is 1.47 bits per heavy atom. The predicted molar refractivity (Wildman–Crippen MR) is 54.5 cm³/mol. The molecule has 0 spiro atoms. The van der Waals surface area contributed by atoms with Gasteiger partial charge in [-0.2, -0.15) is 15.2 Å². The molecule has 1 atom stereocenters. The number of fused-ring (bicyclic) bond motifs is 1. The van der Waals surface area contributed by atoms with Crippen LogP contribution < -0.4 is 5.32 Å². The van der Waals surface area contributed by atoms with E-state index in [4.69, 9.17) is 0 Å². The summed E-state index contributed by atoms with van der Waals surface area (Å²) in [5.74, 6) is 0.843. The summed E-state index contributed by atoms with van der Waals surface area (Å²) in [7, 11) is 1.92. The van der Waals surface area contributed by atoms with Crippen molar-refractivity contribution in [3.8, 4) is 0 Å². The molecule has 15 heavy (non-hydrogen) atoms. The molecule has 0 saturated carbocycles. The Balaban J connectivity index is 2.02. The van der Waals surface area contributed by atoms with E-state index >= 15 is 0 Å². The first-order valence-electron chi connectivity index (χ1n) is 4.96. The summed E-state index contributed by atoms with van der Waals surface area (Å²) in [5.41, 5.74) is 1.19. The lowest BCUT2D eigenvalue weighted by Gasteiger charge is -2.23. The van der Waals surface area contributed by atoms with Crippen LogP contribution in [-0.4, -0.2) is 31.1 Å². The van der Waals surface area contributed by atoms with Crippen LogP contribution in [0.4, 0.5) is 5.95 Å². The van der Waals surface area contributed by atoms with Crippen LogP contribution in [0.1, 0.15) is 18.0 Å². The Labute approximate surface area is 86.9 Å². The van der Waals surface area contributed by atoms with Gasteiger partial charge in [0.1, 0.15) is 6.33 Å². The van der Waals surface area contributed by atoms with E-state index in [1.54, 1.807) is 6.33 Å². The highest BCUT2D eigenvalue weighted by Crippen LogP contribution is 2.26. The van der Waals surface area contributed by atoms with E-state index in [1.807, 2.05) is 28.8 Å². The third-order valence-electron chi connectivity index (χ3n) is 2.68. The van der Waals surface area contributed by atoms with Crippen molar-refractivity contribution in [3.05, 3.63) is 24.3 Å². The molecule has 6 heteroatoms. The van der Waals surface area contributed by atoms with Gasteiger partial charge in [-0.15, -0.1) is 0 Å². The Morgan fingerprint density at radius 3 is 3.20 bits per heavy atom. The van der Waals surface area contributed by atoms with Crippen molar-refractivity contribution in [1.29, 1.82) is 0 Å². The smallest absolute Gasteiger partial charge is 0.221 e. The van der Waals surface area contributed by atoms with Gasteiger partial charge in [0, 0.05) is 25.4 Å². The van der Waals surface area contributed by atoms with Gasteiger partial charge >= 0.3 is 0 Å². The summed E-state index contributed by atoms with van der Waals surface area (Å²) in [6.07, 6.45) is 6.52. The number of hydrogen-bond acceptors (Lipinski definition) is 4. The third kappa shape index (κ3) is 1.29. The SMILES string of the molecule is Cn1cc(C2CCNc3ncnn32)cn1. The maximum atomic E-state index is 4.23. The lowest BCUT2D eigenvalue weighted by Crippen LogP contribution is -2.24. The van der Waals surface area contributed by atoms with Gasteiger partial charge in [-0.05, 0) is 6.42 Å². The maximum Gasteiger partial charge on any atom is 0.221 e. The molecular weight excluding hydrogens is 192 g/mol. The number of anilines is 1. The van der Waals surface area contributed by atoms with Gasteiger partial charge in [0.05, 0.1) is 12.2 Å². The van der Waals surface area contributed by atoms with Crippen LogP contribution in [0.15, 0.2) is 18.7 Å². The van der Waals surface area contributed by atoms with Gasteiger partial charge in [0.2, 0.25) is 5.95 Å². The highest BCUT2D eigenvalue weighted by Gasteiger charge is 2.23. The Hall–Kier alpha value is -1.85. The molecule has 1 aliphatic rings. The normalized spacial score (nSPS) is 19.7. The highest BCUT2D eigenvalue weighted by molar-refractivity contribution is 5.29. The molecule has 6 nitrogen and oxygen atoms in total. The quantitative estimate of drug-likeness (QED) is 0.731. The minimum atomic E-state index is 0.262. The number of aromatic nitrogens is 5. The van der Waals surface area contributed by atoms with Crippen molar-refractivity contribution >= 4 is 5.95 Å². The van der Waals surface area contributed by atoms with E-state index in [2.05, 4.69) is 20.5 Å². The molecular formula is C9H12N6. The second-order valence-corrected chi connectivity index (χ2v) is 3.71. The van der Waals surface area contributed by atoms with E-state index in [0.29, 0.717) is 0 Å². The van der Waals surface area contributed by atoms with Gasteiger partial charge in [0.15, 0.2) is 0 Å². The molecule has 2 aromatic heterocycles. The first-order valence-corrected chi connectivity index (χ1v) is 4.96. The Bertz CT molecular complexity index is 470. The molecule has 0 bridgehead atoms. The highest BCUT2D eigenvalue weighted by atomic mass is 15.4. The van der Waals surface area contributed by atoms with E-state index in [1.165, 1.54) is 5.56 Å². The summed E-state index contributed by atoms with van der Waals surface area (Å²) in [5, 5.41) is 11.6. The van der Waals surface area contributed by atoms with Crippen LogP contribution in [0.5, 0.6) is 0 Å². The van der Waals surface area contributed by atoms with Crippen LogP contribution in [0, 0.1) is 0 Å². The van der Waals surface area contributed by atoms with E-state index in [-0.39, 0.29) is 6.04 Å². The maximum absolute atomic E-state index is 4.23. The summed E-state index contributed by atoms with van der Waals surface area (Å²) >= 11 is 0. The average molecular weight is 204 g/mol. The van der Waals surface area contributed by atoms with Crippen LogP contribution in [0.2, 0.25) is 0 Å². The molecule has 0 aliphatic carbocycles. The van der Waals surface area contributed by atoms with Crippen LogP contribution >= 0.6 is 0 Å². The van der Waals surface area contributed by atoms with Crippen LogP contribution in [0.25, 0.3) is 0 Å². The molecule has 78 valence electrons. The van der Waals surface area contributed by atoms with Crippen molar-refractivity contribution in [2.24, 2.45) is 7.05 Å². The number of nitrogens with zero attached hydrogens (tertiary/aromatic N) is 5. The molecule has 0 radical (unpaired) electrons. The first kappa shape index (κ1) is 8.46. The summed E-state index contributed by atoms with van der Waals surface area (Å²) in [6, 6.07) is 0.262. The zero-order chi connectivity index (χ0) is 10.3. The summed E-state index contributed by atoms with van der Waals surface area (Å²) in [6.45, 7) is 0.929. The van der Waals surface area contributed by atoms with Crippen molar-refractivity contribution in [2.45, 2.75) is 12.5 Å². The molecule has 2 aromatic rings. The minimum Gasteiger partial charge on any atom is -0.354 e. The largest absolute Gasteiger partial charge is 0.354 e. The zero-order valence-electron chi connectivity index (χ0n) is 8.46. The number of aryl methyl sites for hydroxylation is 1. The first-order chi connectivity index (χ1) is 7.34. The van der Waals surface area contributed by atoms with E-state index in [0.717, 1.165) is 18.9 Å². The lowest BCUT2D eigenvalue weighted by molar-refractivity contribution is 0.480. The number of rotatable bonds is 1. The van der Waals surface area contributed by atoms with E-state index < -0.39 is 0 Å². The van der Waals surface area contributed by atoms with Crippen LogP contribution in [-0.2, 0) is 7.05 Å². The van der Waals surface area contributed by atoms with Gasteiger partial charge in [-0.3, -0.25) is 4.68 Å². The fourth-order valence-electron chi connectivity index (χ4n) is 1.97. The number of hydrogen-bond donors (Lipinski definition) is 1. The van der Waals surface area contributed by atoms with Crippen molar-refractivity contribution in [3.63, 3.8) is 0 Å². The fourth-order valence-corrected chi connectivity index (χ4v) is 1.97. The molecule has 0 fully saturated rings. The standard InChI is InChI=1S/C9H12N6/c1-14-5-7(4-12-14)8-2-3-10-9-11-6-13-15(8)9/h4-6,8H,2-3H2,1H3,(H,10,11,13). The van der Waals surface area contributed by atoms with Crippen molar-refractivity contribution < 1.29 is 0 Å². The van der Waals surface area contributed by atoms with Gasteiger partial charge in [0.25, 0.3) is 0 Å². The van der Waals surface area contributed by atoms with Crippen molar-refractivity contribution in [1.82, 2.24) is 24.5 Å². The fraction of sp³-hybridized carbons (Fsp3) is 0.444. The molecule has 0 aromatic carbocycles. The lowest BCUT2D eigenvalue weighted by atomic mass is 10.1. The second-order valence-electron chi connectivity index (χ2n) is 3.71. The molecule has 1 aliphatic heterocycles. The monoisotopic (exact) mass is 204 g/mol. The summed E-state index contributed by atoms with van der Waals surface area (Å²) < 4.78 is 3.73. The predicted octanol–water partition coefficient (Wildman–Crippen LogP) is 0.417. The third-order valence-corrected chi connectivity index (χ3v) is 2.68. The molecule has 0 saturated heterocycles.